The number of benzene rings is 1. The molecule has 1 aromatic carbocycles. The monoisotopic (exact) mass is 443 g/mol. The summed E-state index contributed by atoms with van der Waals surface area (Å²) in [6, 6.07) is 12.0. The van der Waals surface area contributed by atoms with Crippen molar-refractivity contribution in [2.75, 3.05) is 30.9 Å². The lowest BCUT2D eigenvalue weighted by Gasteiger charge is -2.29. The van der Waals surface area contributed by atoms with Crippen LogP contribution in [0.1, 0.15) is 35.4 Å². The highest BCUT2D eigenvalue weighted by Crippen LogP contribution is 2.28. The van der Waals surface area contributed by atoms with E-state index in [4.69, 9.17) is 21.6 Å². The number of carbonyl (C=O) groups is 1. The quantitative estimate of drug-likeness (QED) is 0.572. The minimum Gasteiger partial charge on any atom is -0.362 e. The zero-order valence-electron chi connectivity index (χ0n) is 17.2. The number of nitrogens with one attached hydrogen (secondary N) is 2. The predicted octanol–water partition coefficient (Wildman–Crippen LogP) is 4.81. The van der Waals surface area contributed by atoms with Crippen molar-refractivity contribution in [1.29, 1.82) is 0 Å². The number of hydrogen-bond acceptors (Lipinski definition) is 6. The van der Waals surface area contributed by atoms with Crippen molar-refractivity contribution in [1.82, 2.24) is 15.3 Å². The van der Waals surface area contributed by atoms with Crippen molar-refractivity contribution < 1.29 is 4.79 Å². The number of rotatable bonds is 6. The van der Waals surface area contributed by atoms with E-state index in [2.05, 4.69) is 16.7 Å². The summed E-state index contributed by atoms with van der Waals surface area (Å²) in [6.07, 6.45) is 4.21. The van der Waals surface area contributed by atoms with Crippen LogP contribution in [-0.4, -0.2) is 42.6 Å². The van der Waals surface area contributed by atoms with Crippen LogP contribution in [0.25, 0.3) is 10.9 Å². The lowest BCUT2D eigenvalue weighted by molar-refractivity contribution is 0.0947. The van der Waals surface area contributed by atoms with Gasteiger partial charge in [-0.05, 0) is 55.9 Å². The van der Waals surface area contributed by atoms with E-state index in [-0.39, 0.29) is 5.91 Å². The van der Waals surface area contributed by atoms with Gasteiger partial charge in [0.2, 0.25) is 5.95 Å². The molecular formula is C22H26ClN5OS. The molecule has 0 bridgehead atoms. The first-order valence-corrected chi connectivity index (χ1v) is 11.4. The van der Waals surface area contributed by atoms with Crippen molar-refractivity contribution in [2.45, 2.75) is 31.7 Å². The van der Waals surface area contributed by atoms with Gasteiger partial charge in [0.1, 0.15) is 5.82 Å². The highest BCUT2D eigenvalue weighted by Gasteiger charge is 2.23. The molecule has 1 aliphatic rings. The first-order chi connectivity index (χ1) is 14.5. The number of para-hydroxylation sites is 1. The maximum absolute atomic E-state index is 12.2. The highest BCUT2D eigenvalue weighted by atomic mass is 35.5. The molecule has 8 heteroatoms. The molecule has 2 heterocycles. The molecule has 30 heavy (non-hydrogen) atoms. The van der Waals surface area contributed by atoms with Crippen LogP contribution in [0, 0.1) is 5.92 Å². The Hall–Kier alpha value is -2.38. The Kier molecular flexibility index (Phi) is 6.39. The SMILES string of the molecule is CN(C)c1nc(NC2CCC(CNC(=O)c3ccc(Cl)s3)CC2)nc2ccccc12. The first kappa shape index (κ1) is 20.9. The minimum atomic E-state index is -0.0343. The smallest absolute Gasteiger partial charge is 0.261 e. The van der Waals surface area contributed by atoms with Crippen LogP contribution in [0.5, 0.6) is 0 Å². The van der Waals surface area contributed by atoms with Gasteiger partial charge in [-0.2, -0.15) is 4.98 Å². The Bertz CT molecular complexity index is 1030. The molecule has 158 valence electrons. The molecule has 0 unspecified atom stereocenters. The van der Waals surface area contributed by atoms with E-state index in [0.717, 1.165) is 42.4 Å². The fourth-order valence-corrected chi connectivity index (χ4v) is 4.88. The molecule has 1 saturated carbocycles. The first-order valence-electron chi connectivity index (χ1n) is 10.2. The Labute approximate surface area is 185 Å². The van der Waals surface area contributed by atoms with Gasteiger partial charge in [-0.15, -0.1) is 11.3 Å². The van der Waals surface area contributed by atoms with Crippen molar-refractivity contribution in [3.8, 4) is 0 Å². The maximum Gasteiger partial charge on any atom is 0.261 e. The molecule has 2 aromatic heterocycles. The minimum absolute atomic E-state index is 0.0343. The van der Waals surface area contributed by atoms with Crippen LogP contribution < -0.4 is 15.5 Å². The Balaban J connectivity index is 1.32. The van der Waals surface area contributed by atoms with Gasteiger partial charge < -0.3 is 15.5 Å². The largest absolute Gasteiger partial charge is 0.362 e. The molecular weight excluding hydrogens is 418 g/mol. The van der Waals surface area contributed by atoms with Gasteiger partial charge in [0.15, 0.2) is 0 Å². The standard InChI is InChI=1S/C22H26ClN5OS/c1-28(2)20-16-5-3-4-6-17(16)26-22(27-20)25-15-9-7-14(8-10-15)13-24-21(29)18-11-12-19(23)30-18/h3-6,11-12,14-15H,7-10,13H2,1-2H3,(H,24,29)(H,25,26,27). The molecule has 6 nitrogen and oxygen atoms in total. The van der Waals surface area contributed by atoms with Gasteiger partial charge in [-0.25, -0.2) is 4.98 Å². The number of aromatic nitrogens is 2. The molecule has 1 aliphatic carbocycles. The lowest BCUT2D eigenvalue weighted by Crippen LogP contribution is -2.34. The van der Waals surface area contributed by atoms with E-state index in [1.165, 1.54) is 11.3 Å². The number of carbonyl (C=O) groups excluding carboxylic acids is 1. The Morgan fingerprint density at radius 1 is 1.13 bits per heavy atom. The summed E-state index contributed by atoms with van der Waals surface area (Å²) in [4.78, 5) is 24.4. The molecule has 0 aliphatic heterocycles. The molecule has 1 amide bonds. The molecule has 4 rings (SSSR count). The number of halogens is 1. The summed E-state index contributed by atoms with van der Waals surface area (Å²) in [7, 11) is 4.00. The van der Waals surface area contributed by atoms with Crippen LogP contribution >= 0.6 is 22.9 Å². The zero-order chi connectivity index (χ0) is 21.1. The highest BCUT2D eigenvalue weighted by molar-refractivity contribution is 7.17. The molecule has 2 N–H and O–H groups in total. The van der Waals surface area contributed by atoms with Gasteiger partial charge >= 0.3 is 0 Å². The van der Waals surface area contributed by atoms with Crippen LogP contribution in [0.4, 0.5) is 11.8 Å². The van der Waals surface area contributed by atoms with E-state index >= 15 is 0 Å². The summed E-state index contributed by atoms with van der Waals surface area (Å²) in [5, 5.41) is 7.64. The third-order valence-corrected chi connectivity index (χ3v) is 6.76. The Morgan fingerprint density at radius 2 is 1.90 bits per heavy atom. The van der Waals surface area contributed by atoms with Crippen molar-refractivity contribution in [3.63, 3.8) is 0 Å². The molecule has 1 fully saturated rings. The summed E-state index contributed by atoms with van der Waals surface area (Å²) >= 11 is 7.23. The second-order valence-corrected chi connectivity index (χ2v) is 9.67. The average molecular weight is 444 g/mol. The fourth-order valence-electron chi connectivity index (χ4n) is 3.92. The zero-order valence-corrected chi connectivity index (χ0v) is 18.8. The number of fused-ring (bicyclic) bond motifs is 1. The van der Waals surface area contributed by atoms with E-state index in [9.17, 15) is 4.79 Å². The lowest BCUT2D eigenvalue weighted by atomic mass is 9.86. The molecule has 0 atom stereocenters. The molecule has 0 saturated heterocycles. The van der Waals surface area contributed by atoms with Gasteiger partial charge in [-0.3, -0.25) is 4.79 Å². The predicted molar refractivity (Wildman–Crippen MR) is 125 cm³/mol. The van der Waals surface area contributed by atoms with E-state index in [1.54, 1.807) is 12.1 Å². The van der Waals surface area contributed by atoms with Gasteiger partial charge in [0.25, 0.3) is 5.91 Å². The van der Waals surface area contributed by atoms with Crippen molar-refractivity contribution in [2.24, 2.45) is 5.92 Å². The van der Waals surface area contributed by atoms with E-state index < -0.39 is 0 Å². The second-order valence-electron chi connectivity index (χ2n) is 7.96. The van der Waals surface area contributed by atoms with Crippen LogP contribution in [0.3, 0.4) is 0 Å². The van der Waals surface area contributed by atoms with Crippen molar-refractivity contribution >= 4 is 51.5 Å². The number of amides is 1. The van der Waals surface area contributed by atoms with Gasteiger partial charge in [0, 0.05) is 32.1 Å². The van der Waals surface area contributed by atoms with Crippen LogP contribution in [0.2, 0.25) is 4.34 Å². The fraction of sp³-hybridized carbons (Fsp3) is 0.409. The number of nitrogens with zero attached hydrogens (tertiary/aromatic N) is 3. The third kappa shape index (κ3) is 4.84. The normalized spacial score (nSPS) is 18.9. The topological polar surface area (TPSA) is 70.2 Å². The number of hydrogen-bond donors (Lipinski definition) is 2. The number of anilines is 2. The van der Waals surface area contributed by atoms with E-state index in [1.807, 2.05) is 37.2 Å². The second kappa shape index (κ2) is 9.18. The van der Waals surface area contributed by atoms with Gasteiger partial charge in [-0.1, -0.05) is 23.7 Å². The van der Waals surface area contributed by atoms with Gasteiger partial charge in [0.05, 0.1) is 14.7 Å². The summed E-state index contributed by atoms with van der Waals surface area (Å²) < 4.78 is 0.639. The van der Waals surface area contributed by atoms with Crippen LogP contribution in [-0.2, 0) is 0 Å². The maximum atomic E-state index is 12.2. The molecule has 0 spiro atoms. The summed E-state index contributed by atoms with van der Waals surface area (Å²) in [6.45, 7) is 0.707. The third-order valence-electron chi connectivity index (χ3n) is 5.53. The average Bonchev–Trinajstić information content (AvgIpc) is 3.19. The van der Waals surface area contributed by atoms with Crippen LogP contribution in [0.15, 0.2) is 36.4 Å². The van der Waals surface area contributed by atoms with Crippen molar-refractivity contribution in [3.05, 3.63) is 45.6 Å². The summed E-state index contributed by atoms with van der Waals surface area (Å²) in [5.74, 6) is 2.07. The number of thiophene rings is 1. The molecule has 0 radical (unpaired) electrons. The summed E-state index contributed by atoms with van der Waals surface area (Å²) in [5.41, 5.74) is 0.948. The van der Waals surface area contributed by atoms with E-state index in [0.29, 0.717) is 33.7 Å². The Morgan fingerprint density at radius 3 is 2.60 bits per heavy atom. The molecule has 3 aromatic rings.